The van der Waals surface area contributed by atoms with Gasteiger partial charge in [0.2, 0.25) is 8.41 Å². The lowest BCUT2D eigenvalue weighted by Gasteiger charge is -2.31. The van der Waals surface area contributed by atoms with Crippen LogP contribution >= 0.6 is 0 Å². The molecule has 1 saturated heterocycles. The summed E-state index contributed by atoms with van der Waals surface area (Å²) >= 11 is 0. The maximum atomic E-state index is 16.4. The second kappa shape index (κ2) is 13.3. The molecular weight excluding hydrogens is 630 g/mol. The van der Waals surface area contributed by atoms with Crippen LogP contribution in [-0.2, 0) is 33.0 Å². The molecule has 1 unspecified atom stereocenters. The molecule has 6 atom stereocenters. The van der Waals surface area contributed by atoms with E-state index in [1.54, 1.807) is 47.1 Å². The Labute approximate surface area is 280 Å². The van der Waals surface area contributed by atoms with Crippen LogP contribution in [0.2, 0.25) is 18.6 Å². The summed E-state index contributed by atoms with van der Waals surface area (Å²) < 4.78 is 24.9. The van der Waals surface area contributed by atoms with Gasteiger partial charge in [0.25, 0.3) is 11.8 Å². The van der Waals surface area contributed by atoms with Crippen molar-refractivity contribution >= 4 is 31.6 Å². The van der Waals surface area contributed by atoms with Gasteiger partial charge in [-0.25, -0.2) is 0 Å². The third-order valence-electron chi connectivity index (χ3n) is 9.73. The van der Waals surface area contributed by atoms with E-state index in [1.165, 1.54) is 6.92 Å². The van der Waals surface area contributed by atoms with Crippen molar-refractivity contribution in [3.05, 3.63) is 107 Å². The molecule has 0 aliphatic carbocycles. The van der Waals surface area contributed by atoms with Gasteiger partial charge in [0, 0.05) is 35.5 Å². The van der Waals surface area contributed by atoms with Gasteiger partial charge in [0.15, 0.2) is 5.60 Å². The molecule has 48 heavy (non-hydrogen) atoms. The van der Waals surface area contributed by atoms with Crippen molar-refractivity contribution in [3.63, 3.8) is 0 Å². The summed E-state index contributed by atoms with van der Waals surface area (Å²) in [6.45, 7) is 7.13. The highest BCUT2D eigenvalue weighted by Gasteiger charge is 2.66. The number of rotatable bonds is 11. The first-order valence-electron chi connectivity index (χ1n) is 16.4. The number of aliphatic hydroxyl groups excluding tert-OH is 2. The maximum Gasteiger partial charge on any atom is 0.264 e. The zero-order chi connectivity index (χ0) is 34.2. The van der Waals surface area contributed by atoms with Gasteiger partial charge in [-0.1, -0.05) is 72.8 Å². The number of nitrogens with zero attached hydrogens (tertiary/aromatic N) is 4. The molecule has 10 nitrogen and oxygen atoms in total. The second-order valence-corrected chi connectivity index (χ2v) is 17.2. The van der Waals surface area contributed by atoms with Gasteiger partial charge in [-0.15, -0.1) is 5.10 Å². The number of benzene rings is 3. The minimum absolute atomic E-state index is 0.126. The quantitative estimate of drug-likeness (QED) is 0.149. The number of carbonyl (C=O) groups excluding carboxylic acids is 2. The Morgan fingerprint density at radius 3 is 2.44 bits per heavy atom. The highest BCUT2D eigenvalue weighted by Crippen LogP contribution is 2.60. The summed E-state index contributed by atoms with van der Waals surface area (Å²) in [5.74, 6) is -1.70. The molecule has 1 fully saturated rings. The first kappa shape index (κ1) is 33.7. The van der Waals surface area contributed by atoms with Crippen molar-refractivity contribution < 1.29 is 28.6 Å². The van der Waals surface area contributed by atoms with Crippen LogP contribution in [0.5, 0.6) is 0 Å². The summed E-state index contributed by atoms with van der Waals surface area (Å²) in [5, 5.41) is 31.3. The molecule has 252 valence electrons. The van der Waals surface area contributed by atoms with Gasteiger partial charge >= 0.3 is 0 Å². The van der Waals surface area contributed by atoms with E-state index in [4.69, 9.17) is 4.74 Å². The van der Waals surface area contributed by atoms with E-state index in [0.29, 0.717) is 42.1 Å². The molecule has 3 N–H and O–H groups in total. The van der Waals surface area contributed by atoms with Crippen LogP contribution in [0, 0.1) is 5.92 Å². The van der Waals surface area contributed by atoms with Crippen LogP contribution in [-0.4, -0.2) is 64.2 Å². The molecule has 1 spiro atoms. The van der Waals surface area contributed by atoms with Crippen molar-refractivity contribution in [1.29, 1.82) is 0 Å². The third kappa shape index (κ3) is 6.21. The largest absolute Gasteiger partial charge is 0.395 e. The minimum Gasteiger partial charge on any atom is -0.395 e. The van der Waals surface area contributed by atoms with Crippen LogP contribution in [0.3, 0.4) is 0 Å². The fourth-order valence-electron chi connectivity index (χ4n) is 7.46. The average molecular weight is 672 g/mol. The molecular formula is C36H42FN5O5Si. The molecule has 0 radical (unpaired) electrons. The molecule has 2 aliphatic heterocycles. The molecule has 6 rings (SSSR count). The van der Waals surface area contributed by atoms with E-state index in [-0.39, 0.29) is 18.4 Å². The number of ether oxygens (including phenoxy) is 1. The molecule has 3 heterocycles. The number of aliphatic hydroxyl groups is 2. The lowest BCUT2D eigenvalue weighted by atomic mass is 9.82. The van der Waals surface area contributed by atoms with Gasteiger partial charge in [-0.3, -0.25) is 14.3 Å². The first-order valence-corrected chi connectivity index (χ1v) is 19.3. The van der Waals surface area contributed by atoms with E-state index >= 15 is 4.11 Å². The summed E-state index contributed by atoms with van der Waals surface area (Å²) in [6, 6.07) is 24.4. The van der Waals surface area contributed by atoms with Crippen LogP contribution in [0.25, 0.3) is 0 Å². The summed E-state index contributed by atoms with van der Waals surface area (Å²) in [4.78, 5) is 28.8. The smallest absolute Gasteiger partial charge is 0.264 e. The predicted octanol–water partition coefficient (Wildman–Crippen LogP) is 5.13. The Hall–Kier alpha value is -4.23. The first-order chi connectivity index (χ1) is 22.9. The minimum atomic E-state index is -3.42. The highest BCUT2D eigenvalue weighted by molar-refractivity contribution is 6.72. The van der Waals surface area contributed by atoms with Crippen molar-refractivity contribution in [2.45, 2.75) is 75.7 Å². The van der Waals surface area contributed by atoms with Crippen LogP contribution in [0.1, 0.15) is 48.6 Å². The molecule has 2 amide bonds. The molecule has 2 aliphatic rings. The predicted molar refractivity (Wildman–Crippen MR) is 182 cm³/mol. The Morgan fingerprint density at radius 1 is 1.10 bits per heavy atom. The lowest BCUT2D eigenvalue weighted by Crippen LogP contribution is -2.45. The molecule has 0 bridgehead atoms. The van der Waals surface area contributed by atoms with Crippen molar-refractivity contribution in [1.82, 2.24) is 15.0 Å². The van der Waals surface area contributed by atoms with E-state index in [0.717, 1.165) is 11.1 Å². The number of hydrogen-bond acceptors (Lipinski definition) is 7. The average Bonchev–Trinajstić information content (AvgIpc) is 3.72. The van der Waals surface area contributed by atoms with Crippen LogP contribution < -0.4 is 10.2 Å². The Kier molecular flexibility index (Phi) is 9.36. The molecule has 4 aromatic rings. The topological polar surface area (TPSA) is 130 Å². The van der Waals surface area contributed by atoms with Gasteiger partial charge in [0.1, 0.15) is 6.10 Å². The number of nitrogens with one attached hydrogen (secondary N) is 1. The number of halogens is 1. The van der Waals surface area contributed by atoms with Crippen molar-refractivity contribution in [2.75, 3.05) is 16.8 Å². The molecule has 1 aromatic heterocycles. The number of anilines is 2. The van der Waals surface area contributed by atoms with Gasteiger partial charge in [0.05, 0.1) is 36.6 Å². The van der Waals surface area contributed by atoms with E-state index in [1.807, 2.05) is 67.6 Å². The SMILES string of the molecule is C[C@H](O)C(=O)Nc1ccc2c(c1)[C@]1(O[C@@H](CCn3cc(C(CO)c4ccccc4)nn3)[C@H]([Si](C)(C)F)[C@H]1C)C(=O)N2Cc1ccccc1. The van der Waals surface area contributed by atoms with E-state index in [9.17, 15) is 19.8 Å². The fraction of sp³-hybridized carbons (Fsp3) is 0.389. The number of amides is 2. The van der Waals surface area contributed by atoms with Crippen LogP contribution in [0.15, 0.2) is 85.1 Å². The molecule has 0 saturated carbocycles. The number of aromatic nitrogens is 3. The zero-order valence-corrected chi connectivity index (χ0v) is 28.6. The third-order valence-corrected chi connectivity index (χ3v) is 12.2. The standard InChI is InChI=1S/C36H42FN5O5Si/c1-23-33(48(3,4)37)32(17-18-41-21-30(39-40-41)28(22-43)26-13-9-6-10-14-26)47-36(23)29-19-27(38-34(45)24(2)44)15-16-31(29)42(35(36)46)20-25-11-7-5-8-12-25/h5-16,19,21,23-24,28,32-33,43-44H,17-18,20,22H2,1-4H3,(H,38,45)/t23-,24+,28?,32+,33-,36+/m1/s1. The van der Waals surface area contributed by atoms with E-state index < -0.39 is 43.6 Å². The maximum absolute atomic E-state index is 16.4. The van der Waals surface area contributed by atoms with E-state index in [2.05, 4.69) is 15.6 Å². The molecule has 3 aromatic carbocycles. The van der Waals surface area contributed by atoms with Crippen LogP contribution in [0.4, 0.5) is 15.5 Å². The fourth-order valence-corrected chi connectivity index (χ4v) is 10.0. The van der Waals surface area contributed by atoms with Crippen molar-refractivity contribution in [3.8, 4) is 0 Å². The Morgan fingerprint density at radius 2 is 1.79 bits per heavy atom. The number of hydrogen-bond donors (Lipinski definition) is 3. The second-order valence-electron chi connectivity index (χ2n) is 13.4. The summed E-state index contributed by atoms with van der Waals surface area (Å²) in [5.41, 5.74) is 2.09. The summed E-state index contributed by atoms with van der Waals surface area (Å²) in [7, 11) is -3.42. The summed E-state index contributed by atoms with van der Waals surface area (Å²) in [6.07, 6.45) is 0.347. The zero-order valence-electron chi connectivity index (χ0n) is 27.6. The van der Waals surface area contributed by atoms with Gasteiger partial charge in [-0.05, 0) is 55.8 Å². The molecule has 12 heteroatoms. The van der Waals surface area contributed by atoms with Gasteiger partial charge < -0.3 is 29.3 Å². The number of aryl methyl sites for hydroxylation is 1. The monoisotopic (exact) mass is 671 g/mol. The number of fused-ring (bicyclic) bond motifs is 2. The highest BCUT2D eigenvalue weighted by atomic mass is 28.4. The van der Waals surface area contributed by atoms with Gasteiger partial charge in [-0.2, -0.15) is 0 Å². The van der Waals surface area contributed by atoms with Crippen molar-refractivity contribution in [2.24, 2.45) is 5.92 Å². The number of carbonyl (C=O) groups is 2. The lowest BCUT2D eigenvalue weighted by molar-refractivity contribution is -0.146. The normalized spacial score (nSPS) is 23.4. The Balaban J connectivity index is 1.33. The Bertz CT molecular complexity index is 1770.